The molecular formula is C22H17F2N5O4S. The summed E-state index contributed by atoms with van der Waals surface area (Å²) in [5.41, 5.74) is 1.55. The number of hydrogen-bond acceptors (Lipinski definition) is 7. The zero-order chi connectivity index (χ0) is 24.5. The predicted octanol–water partition coefficient (Wildman–Crippen LogP) is 2.61. The Kier molecular flexibility index (Phi) is 6.14. The van der Waals surface area contributed by atoms with E-state index in [0.29, 0.717) is 28.7 Å². The average Bonchev–Trinajstić information content (AvgIpc) is 3.19. The van der Waals surface area contributed by atoms with Crippen molar-refractivity contribution in [2.45, 2.75) is 17.9 Å². The first-order valence-corrected chi connectivity index (χ1v) is 11.2. The first-order chi connectivity index (χ1) is 16.2. The van der Waals surface area contributed by atoms with Crippen LogP contribution in [0.3, 0.4) is 0 Å². The molecule has 4 aromatic rings. The van der Waals surface area contributed by atoms with Crippen LogP contribution < -0.4 is 9.46 Å². The minimum absolute atomic E-state index is 0.0521. The number of nitrogens with zero attached hydrogens (tertiary/aromatic N) is 4. The van der Waals surface area contributed by atoms with Gasteiger partial charge in [-0.15, -0.1) is 10.2 Å². The molecule has 2 N–H and O–H groups in total. The lowest BCUT2D eigenvalue weighted by Gasteiger charge is -2.13. The molecule has 0 aliphatic carbocycles. The molecule has 0 aliphatic rings. The van der Waals surface area contributed by atoms with Gasteiger partial charge in [-0.1, -0.05) is 5.92 Å². The van der Waals surface area contributed by atoms with E-state index in [1.165, 1.54) is 26.3 Å². The van der Waals surface area contributed by atoms with Crippen molar-refractivity contribution < 1.29 is 27.0 Å². The summed E-state index contributed by atoms with van der Waals surface area (Å²) in [5.74, 6) is 3.44. The van der Waals surface area contributed by atoms with Crippen LogP contribution in [-0.4, -0.2) is 46.3 Å². The number of aliphatic hydroxyl groups is 1. The highest BCUT2D eigenvalue weighted by molar-refractivity contribution is 7.92. The molecule has 9 nitrogen and oxygen atoms in total. The monoisotopic (exact) mass is 485 g/mol. The highest BCUT2D eigenvalue weighted by atomic mass is 32.2. The van der Waals surface area contributed by atoms with Gasteiger partial charge in [-0.3, -0.25) is 9.12 Å². The van der Waals surface area contributed by atoms with E-state index in [4.69, 9.17) is 4.74 Å². The Balaban J connectivity index is 1.75. The summed E-state index contributed by atoms with van der Waals surface area (Å²) in [6, 6.07) is 7.00. The van der Waals surface area contributed by atoms with Crippen molar-refractivity contribution in [1.82, 2.24) is 19.6 Å². The van der Waals surface area contributed by atoms with Crippen LogP contribution in [0.25, 0.3) is 16.8 Å². The molecule has 34 heavy (non-hydrogen) atoms. The average molecular weight is 485 g/mol. The van der Waals surface area contributed by atoms with Gasteiger partial charge in [-0.05, 0) is 43.2 Å². The molecule has 1 unspecified atom stereocenters. The van der Waals surface area contributed by atoms with Crippen LogP contribution in [0.15, 0.2) is 53.7 Å². The van der Waals surface area contributed by atoms with Crippen molar-refractivity contribution >= 4 is 21.4 Å². The summed E-state index contributed by atoms with van der Waals surface area (Å²) < 4.78 is 61.8. The number of halogens is 2. The molecule has 4 rings (SSSR count). The lowest BCUT2D eigenvalue weighted by molar-refractivity contribution is 0.253. The standard InChI is InChI=1S/C22H17F2N5O4S/c1-13(30)3-7-20-26-27-21-8-4-14(12-29(20)21)15-9-18(22(33-2)25-11-15)28-34(31,32)19-6-5-16(23)10-17(19)24/h4-6,8-13,28,30H,1-2H3. The number of fused-ring (bicyclic) bond motifs is 1. The molecule has 0 saturated carbocycles. The second-order valence-corrected chi connectivity index (χ2v) is 8.73. The van der Waals surface area contributed by atoms with Crippen LogP contribution >= 0.6 is 0 Å². The van der Waals surface area contributed by atoms with Crippen LogP contribution in [0.4, 0.5) is 14.5 Å². The number of benzene rings is 1. The van der Waals surface area contributed by atoms with E-state index in [1.54, 1.807) is 22.7 Å². The summed E-state index contributed by atoms with van der Waals surface area (Å²) in [7, 11) is -3.12. The number of rotatable bonds is 5. The van der Waals surface area contributed by atoms with Crippen LogP contribution in [0.1, 0.15) is 12.7 Å². The number of nitrogens with one attached hydrogen (secondary N) is 1. The van der Waals surface area contributed by atoms with Gasteiger partial charge in [0.1, 0.15) is 28.3 Å². The van der Waals surface area contributed by atoms with Crippen LogP contribution in [0.5, 0.6) is 5.88 Å². The molecule has 0 radical (unpaired) electrons. The maximum Gasteiger partial charge on any atom is 0.264 e. The molecule has 0 fully saturated rings. The third-order valence-corrected chi connectivity index (χ3v) is 6.00. The first-order valence-electron chi connectivity index (χ1n) is 9.74. The van der Waals surface area contributed by atoms with E-state index in [1.807, 2.05) is 0 Å². The van der Waals surface area contributed by atoms with Crippen molar-refractivity contribution in [2.24, 2.45) is 0 Å². The maximum absolute atomic E-state index is 14.1. The van der Waals surface area contributed by atoms with Gasteiger partial charge >= 0.3 is 0 Å². The summed E-state index contributed by atoms with van der Waals surface area (Å²) in [4.78, 5) is 3.40. The molecule has 0 aliphatic heterocycles. The van der Waals surface area contributed by atoms with Crippen molar-refractivity contribution in [1.29, 1.82) is 0 Å². The SMILES string of the molecule is COc1ncc(-c2ccc3nnc(C#CC(C)O)n3c2)cc1NS(=O)(=O)c1ccc(F)cc1F. The molecule has 0 bridgehead atoms. The second kappa shape index (κ2) is 9.05. The van der Waals surface area contributed by atoms with Crippen LogP contribution in [0, 0.1) is 23.5 Å². The Hall–Kier alpha value is -4.08. The highest BCUT2D eigenvalue weighted by Crippen LogP contribution is 2.31. The van der Waals surface area contributed by atoms with Gasteiger partial charge in [-0.25, -0.2) is 22.2 Å². The Morgan fingerprint density at radius 1 is 1.15 bits per heavy atom. The third-order valence-electron chi connectivity index (χ3n) is 4.60. The molecule has 12 heteroatoms. The predicted molar refractivity (Wildman–Crippen MR) is 118 cm³/mol. The Morgan fingerprint density at radius 3 is 2.65 bits per heavy atom. The molecule has 0 saturated heterocycles. The molecular weight excluding hydrogens is 468 g/mol. The molecule has 0 spiro atoms. The smallest absolute Gasteiger partial charge is 0.264 e. The molecule has 174 valence electrons. The lowest BCUT2D eigenvalue weighted by Crippen LogP contribution is -2.15. The number of aliphatic hydroxyl groups excluding tert-OH is 1. The fraction of sp³-hybridized carbons (Fsp3) is 0.136. The summed E-state index contributed by atoms with van der Waals surface area (Å²) in [5, 5.41) is 17.4. The number of aromatic nitrogens is 4. The Labute approximate surface area is 193 Å². The van der Waals surface area contributed by atoms with Crippen molar-refractivity contribution in [2.75, 3.05) is 11.8 Å². The van der Waals surface area contributed by atoms with E-state index in [-0.39, 0.29) is 11.6 Å². The van der Waals surface area contributed by atoms with Crippen LogP contribution in [0.2, 0.25) is 0 Å². The minimum Gasteiger partial charge on any atom is -0.480 e. The third kappa shape index (κ3) is 4.66. The lowest BCUT2D eigenvalue weighted by atomic mass is 10.1. The Bertz CT molecular complexity index is 1560. The topological polar surface area (TPSA) is 119 Å². The summed E-state index contributed by atoms with van der Waals surface area (Å²) in [6.45, 7) is 1.52. The van der Waals surface area contributed by atoms with Gasteiger partial charge in [0.2, 0.25) is 11.7 Å². The number of pyridine rings is 2. The second-order valence-electron chi connectivity index (χ2n) is 7.08. The fourth-order valence-electron chi connectivity index (χ4n) is 3.05. The zero-order valence-corrected chi connectivity index (χ0v) is 18.6. The number of ether oxygens (including phenoxy) is 1. The Morgan fingerprint density at radius 2 is 1.94 bits per heavy atom. The number of anilines is 1. The van der Waals surface area contributed by atoms with Crippen molar-refractivity contribution in [3.8, 4) is 28.8 Å². The quantitative estimate of drug-likeness (QED) is 0.417. The summed E-state index contributed by atoms with van der Waals surface area (Å²) >= 11 is 0. The molecule has 1 aromatic carbocycles. The normalized spacial score (nSPS) is 12.1. The van der Waals surface area contributed by atoms with E-state index in [9.17, 15) is 22.3 Å². The zero-order valence-electron chi connectivity index (χ0n) is 17.8. The van der Waals surface area contributed by atoms with Gasteiger partial charge in [0.05, 0.1) is 7.11 Å². The van der Waals surface area contributed by atoms with Crippen molar-refractivity contribution in [3.05, 3.63) is 66.3 Å². The van der Waals surface area contributed by atoms with Gasteiger partial charge < -0.3 is 9.84 Å². The van der Waals surface area contributed by atoms with E-state index in [0.717, 1.165) is 12.1 Å². The van der Waals surface area contributed by atoms with E-state index >= 15 is 0 Å². The molecule has 3 heterocycles. The molecule has 3 aromatic heterocycles. The first kappa shape index (κ1) is 23.1. The number of sulfonamides is 1. The van der Waals surface area contributed by atoms with Gasteiger partial charge in [0.15, 0.2) is 5.65 Å². The maximum atomic E-state index is 14.1. The van der Waals surface area contributed by atoms with Crippen LogP contribution in [-0.2, 0) is 10.0 Å². The van der Waals surface area contributed by atoms with Crippen molar-refractivity contribution in [3.63, 3.8) is 0 Å². The fourth-order valence-corrected chi connectivity index (χ4v) is 4.16. The molecule has 0 amide bonds. The minimum atomic E-state index is -4.42. The van der Waals surface area contributed by atoms with Gasteiger partial charge in [-0.2, -0.15) is 0 Å². The number of hydrogen-bond donors (Lipinski definition) is 2. The summed E-state index contributed by atoms with van der Waals surface area (Å²) in [6.07, 6.45) is 2.28. The van der Waals surface area contributed by atoms with Gasteiger partial charge in [0, 0.05) is 29.6 Å². The van der Waals surface area contributed by atoms with Gasteiger partial charge in [0.25, 0.3) is 10.0 Å². The van der Waals surface area contributed by atoms with E-state index < -0.39 is 32.7 Å². The molecule has 1 atom stereocenters. The largest absolute Gasteiger partial charge is 0.480 e. The number of methoxy groups -OCH3 is 1. The highest BCUT2D eigenvalue weighted by Gasteiger charge is 2.22. The van der Waals surface area contributed by atoms with E-state index in [2.05, 4.69) is 31.7 Å².